The van der Waals surface area contributed by atoms with Gasteiger partial charge in [-0.3, -0.25) is 9.59 Å². The molecule has 168 valence electrons. The summed E-state index contributed by atoms with van der Waals surface area (Å²) < 4.78 is 12.4. The molecule has 1 aliphatic rings. The first-order chi connectivity index (χ1) is 16.1. The summed E-state index contributed by atoms with van der Waals surface area (Å²) in [7, 11) is 0. The maximum absolute atomic E-state index is 12.9. The van der Waals surface area contributed by atoms with Gasteiger partial charge >= 0.3 is 0 Å². The summed E-state index contributed by atoms with van der Waals surface area (Å²) in [6.45, 7) is 1.70. The Labute approximate surface area is 199 Å². The molecule has 9 heteroatoms. The fourth-order valence-electron chi connectivity index (χ4n) is 3.63. The Bertz CT molecular complexity index is 1260. The lowest BCUT2D eigenvalue weighted by atomic mass is 10.3. The summed E-state index contributed by atoms with van der Waals surface area (Å²) in [6.07, 6.45) is 0. The second-order valence-corrected chi connectivity index (χ2v) is 9.03. The molecule has 0 N–H and O–H groups in total. The van der Waals surface area contributed by atoms with Gasteiger partial charge in [-0.25, -0.2) is 4.98 Å². The Balaban J connectivity index is 1.16. The molecule has 2 amide bonds. The van der Waals surface area contributed by atoms with Gasteiger partial charge in [0.15, 0.2) is 23.1 Å². The maximum atomic E-state index is 12.9. The lowest BCUT2D eigenvalue weighted by Crippen LogP contribution is -2.51. The van der Waals surface area contributed by atoms with E-state index in [4.69, 9.17) is 20.8 Å². The number of aromatic nitrogens is 1. The second kappa shape index (κ2) is 9.25. The average Bonchev–Trinajstić information content (AvgIpc) is 3.50. The Kier molecular flexibility index (Phi) is 6.02. The first-order valence-electron chi connectivity index (χ1n) is 10.5. The molecule has 0 atom stereocenters. The highest BCUT2D eigenvalue weighted by atomic mass is 35.5. The van der Waals surface area contributed by atoms with Gasteiger partial charge < -0.3 is 19.0 Å². The van der Waals surface area contributed by atoms with Gasteiger partial charge in [-0.1, -0.05) is 23.7 Å². The Morgan fingerprint density at radius 2 is 1.70 bits per heavy atom. The van der Waals surface area contributed by atoms with Gasteiger partial charge in [0, 0.05) is 31.2 Å². The third-order valence-corrected chi connectivity index (χ3v) is 6.72. The number of para-hydroxylation sites is 1. The fourth-order valence-corrected chi connectivity index (χ4v) is 4.68. The molecule has 0 saturated carbocycles. The molecule has 0 radical (unpaired) electrons. The number of thiazole rings is 1. The Morgan fingerprint density at radius 3 is 2.45 bits per heavy atom. The summed E-state index contributed by atoms with van der Waals surface area (Å²) in [5.41, 5.74) is 0.905. The van der Waals surface area contributed by atoms with E-state index in [1.54, 1.807) is 46.2 Å². The monoisotopic (exact) mass is 481 g/mol. The van der Waals surface area contributed by atoms with E-state index in [0.717, 1.165) is 15.2 Å². The predicted octanol–water partition coefficient (Wildman–Crippen LogP) is 4.57. The molecule has 1 aliphatic heterocycles. The number of amides is 2. The smallest absolute Gasteiger partial charge is 0.289 e. The van der Waals surface area contributed by atoms with Gasteiger partial charge in [-0.2, -0.15) is 0 Å². The van der Waals surface area contributed by atoms with Gasteiger partial charge in [0.2, 0.25) is 0 Å². The fraction of sp³-hybridized carbons (Fsp3) is 0.208. The van der Waals surface area contributed by atoms with E-state index in [1.165, 1.54) is 11.3 Å². The van der Waals surface area contributed by atoms with E-state index in [0.29, 0.717) is 42.7 Å². The number of piperazine rings is 1. The molecule has 2 aromatic carbocycles. The van der Waals surface area contributed by atoms with Crippen LogP contribution in [0.15, 0.2) is 65.1 Å². The minimum Gasteiger partial charge on any atom is -0.484 e. The van der Waals surface area contributed by atoms with Crippen LogP contribution in [-0.2, 0) is 4.79 Å². The van der Waals surface area contributed by atoms with Crippen molar-refractivity contribution in [3.05, 3.63) is 71.4 Å². The first kappa shape index (κ1) is 21.5. The molecule has 7 nitrogen and oxygen atoms in total. The predicted molar refractivity (Wildman–Crippen MR) is 127 cm³/mol. The molecule has 4 aromatic rings. The molecule has 0 bridgehead atoms. The quantitative estimate of drug-likeness (QED) is 0.417. The van der Waals surface area contributed by atoms with Crippen LogP contribution >= 0.6 is 22.9 Å². The number of nitrogens with zero attached hydrogens (tertiary/aromatic N) is 3. The van der Waals surface area contributed by atoms with E-state index in [1.807, 2.05) is 24.3 Å². The largest absolute Gasteiger partial charge is 0.484 e. The van der Waals surface area contributed by atoms with Gasteiger partial charge in [0.05, 0.1) is 10.2 Å². The zero-order valence-corrected chi connectivity index (χ0v) is 19.1. The van der Waals surface area contributed by atoms with Crippen molar-refractivity contribution in [3.63, 3.8) is 0 Å². The van der Waals surface area contributed by atoms with Crippen molar-refractivity contribution in [3.8, 4) is 16.5 Å². The second-order valence-electron chi connectivity index (χ2n) is 7.57. The molecule has 2 aromatic heterocycles. The van der Waals surface area contributed by atoms with Crippen LogP contribution in [0.4, 0.5) is 0 Å². The van der Waals surface area contributed by atoms with Crippen LogP contribution in [0.2, 0.25) is 5.02 Å². The van der Waals surface area contributed by atoms with Gasteiger partial charge in [0.25, 0.3) is 11.8 Å². The van der Waals surface area contributed by atoms with Crippen LogP contribution in [0, 0.1) is 0 Å². The number of benzene rings is 2. The van der Waals surface area contributed by atoms with Crippen LogP contribution in [0.1, 0.15) is 10.6 Å². The third-order valence-electron chi connectivity index (χ3n) is 5.42. The van der Waals surface area contributed by atoms with E-state index in [-0.39, 0.29) is 24.2 Å². The maximum Gasteiger partial charge on any atom is 0.289 e. The minimum atomic E-state index is -0.188. The van der Waals surface area contributed by atoms with Gasteiger partial charge in [0.1, 0.15) is 5.75 Å². The van der Waals surface area contributed by atoms with E-state index >= 15 is 0 Å². The minimum absolute atomic E-state index is 0.0563. The Hall–Kier alpha value is -3.36. The number of carbonyl (C=O) groups excluding carboxylic acids is 2. The number of hydrogen-bond acceptors (Lipinski definition) is 6. The van der Waals surface area contributed by atoms with E-state index < -0.39 is 0 Å². The average molecular weight is 482 g/mol. The lowest BCUT2D eigenvalue weighted by molar-refractivity contribution is -0.134. The molecule has 0 unspecified atom stereocenters. The van der Waals surface area contributed by atoms with Crippen LogP contribution in [0.25, 0.3) is 21.0 Å². The number of ether oxygens (including phenoxy) is 1. The summed E-state index contributed by atoms with van der Waals surface area (Å²) in [5, 5.41) is 1.35. The number of hydrogen-bond donors (Lipinski definition) is 0. The van der Waals surface area contributed by atoms with Crippen molar-refractivity contribution in [1.82, 2.24) is 14.8 Å². The van der Waals surface area contributed by atoms with Gasteiger partial charge in [-0.05, 0) is 48.5 Å². The zero-order chi connectivity index (χ0) is 22.8. The molecule has 33 heavy (non-hydrogen) atoms. The third kappa shape index (κ3) is 4.72. The summed E-state index contributed by atoms with van der Waals surface area (Å²) in [4.78, 5) is 33.4. The number of furan rings is 1. The van der Waals surface area contributed by atoms with Crippen molar-refractivity contribution in [2.24, 2.45) is 0 Å². The molecule has 0 spiro atoms. The molecule has 3 heterocycles. The highest BCUT2D eigenvalue weighted by Crippen LogP contribution is 2.31. The van der Waals surface area contributed by atoms with Crippen molar-refractivity contribution < 1.29 is 18.7 Å². The summed E-state index contributed by atoms with van der Waals surface area (Å²) >= 11 is 7.38. The van der Waals surface area contributed by atoms with E-state index in [9.17, 15) is 9.59 Å². The number of halogens is 1. The highest BCUT2D eigenvalue weighted by molar-refractivity contribution is 7.21. The Morgan fingerprint density at radius 1 is 0.970 bits per heavy atom. The van der Waals surface area contributed by atoms with Crippen molar-refractivity contribution >= 4 is 45.0 Å². The molecular formula is C24H20ClN3O4S. The van der Waals surface area contributed by atoms with Crippen molar-refractivity contribution in [1.29, 1.82) is 0 Å². The highest BCUT2D eigenvalue weighted by Gasteiger charge is 2.27. The SMILES string of the molecule is O=C(COc1ccc(Cl)cc1)N1CCN(C(=O)c2ccc(-c3nc4ccccc4s3)o2)CC1. The summed E-state index contributed by atoms with van der Waals surface area (Å²) in [5.74, 6) is 1.13. The van der Waals surface area contributed by atoms with Gasteiger partial charge in [-0.15, -0.1) is 11.3 Å². The number of rotatable bonds is 5. The van der Waals surface area contributed by atoms with Crippen LogP contribution in [-0.4, -0.2) is 59.4 Å². The topological polar surface area (TPSA) is 75.9 Å². The molecular weight excluding hydrogens is 462 g/mol. The van der Waals surface area contributed by atoms with Crippen molar-refractivity contribution in [2.75, 3.05) is 32.8 Å². The standard InChI is InChI=1S/C24H20ClN3O4S/c25-16-5-7-17(8-6-16)31-15-22(29)27-11-13-28(14-12-27)24(30)20-10-9-19(32-20)23-26-18-3-1-2-4-21(18)33-23/h1-10H,11-15H2. The summed E-state index contributed by atoms with van der Waals surface area (Å²) in [6, 6.07) is 18.2. The van der Waals surface area contributed by atoms with E-state index in [2.05, 4.69) is 4.98 Å². The molecule has 1 saturated heterocycles. The van der Waals surface area contributed by atoms with Crippen LogP contribution in [0.3, 0.4) is 0 Å². The zero-order valence-electron chi connectivity index (χ0n) is 17.6. The normalized spacial score (nSPS) is 14.0. The first-order valence-corrected chi connectivity index (χ1v) is 11.7. The van der Waals surface area contributed by atoms with Crippen molar-refractivity contribution in [2.45, 2.75) is 0 Å². The molecule has 5 rings (SSSR count). The molecule has 0 aliphatic carbocycles. The number of fused-ring (bicyclic) bond motifs is 1. The van der Waals surface area contributed by atoms with Crippen LogP contribution < -0.4 is 4.74 Å². The lowest BCUT2D eigenvalue weighted by Gasteiger charge is -2.34. The van der Waals surface area contributed by atoms with Crippen LogP contribution in [0.5, 0.6) is 5.75 Å². The number of carbonyl (C=O) groups is 2. The molecule has 1 fully saturated rings.